The number of hydrogen-bond donors (Lipinski definition) is 1. The molecule has 0 radical (unpaired) electrons. The molecule has 8 heteroatoms. The second-order valence-electron chi connectivity index (χ2n) is 7.64. The fourth-order valence-corrected chi connectivity index (χ4v) is 4.13. The molecule has 4 rings (SSSR count). The van der Waals surface area contributed by atoms with Crippen molar-refractivity contribution in [3.63, 3.8) is 0 Å². The molecule has 2 aromatic rings. The van der Waals surface area contributed by atoms with E-state index >= 15 is 0 Å². The number of rotatable bonds is 4. The Bertz CT molecular complexity index is 870. The van der Waals surface area contributed by atoms with Crippen LogP contribution in [0.4, 0.5) is 0 Å². The zero-order valence-electron chi connectivity index (χ0n) is 16.3. The summed E-state index contributed by atoms with van der Waals surface area (Å²) < 4.78 is 7.71. The second-order valence-corrected chi connectivity index (χ2v) is 7.64. The number of aromatic nitrogens is 3. The van der Waals surface area contributed by atoms with Crippen LogP contribution < -0.4 is 5.32 Å². The highest BCUT2D eigenvalue weighted by atomic mass is 16.5. The van der Waals surface area contributed by atoms with Crippen LogP contribution in [0.5, 0.6) is 0 Å². The number of nitrogens with zero attached hydrogens (tertiary/aromatic N) is 4. The molecule has 1 aromatic heterocycles. The van der Waals surface area contributed by atoms with E-state index in [2.05, 4.69) is 22.2 Å². The molecular weight excluding hydrogens is 370 g/mol. The van der Waals surface area contributed by atoms with E-state index in [1.54, 1.807) is 29.2 Å². The SMILES string of the molecule is C=CC(=O)N1CCOC2(CCC(NC(=O)c3ccc(-n4ccnn4)cc3)CC2)C1. The largest absolute Gasteiger partial charge is 0.371 e. The maximum absolute atomic E-state index is 12.6. The van der Waals surface area contributed by atoms with Gasteiger partial charge in [0.05, 0.1) is 36.8 Å². The molecule has 29 heavy (non-hydrogen) atoms. The van der Waals surface area contributed by atoms with Crippen LogP contribution in [0.15, 0.2) is 49.3 Å². The Hall–Kier alpha value is -3.00. The predicted molar refractivity (Wildman–Crippen MR) is 107 cm³/mol. The highest BCUT2D eigenvalue weighted by Gasteiger charge is 2.41. The highest BCUT2D eigenvalue weighted by molar-refractivity contribution is 5.94. The van der Waals surface area contributed by atoms with Gasteiger partial charge < -0.3 is 15.0 Å². The van der Waals surface area contributed by atoms with Crippen molar-refractivity contribution in [2.45, 2.75) is 37.3 Å². The van der Waals surface area contributed by atoms with Crippen molar-refractivity contribution in [1.82, 2.24) is 25.2 Å². The molecule has 1 aromatic carbocycles. The van der Waals surface area contributed by atoms with Gasteiger partial charge in [0.1, 0.15) is 0 Å². The summed E-state index contributed by atoms with van der Waals surface area (Å²) in [7, 11) is 0. The third-order valence-electron chi connectivity index (χ3n) is 5.78. The van der Waals surface area contributed by atoms with Gasteiger partial charge in [-0.15, -0.1) is 5.10 Å². The van der Waals surface area contributed by atoms with Crippen LogP contribution in [-0.4, -0.2) is 63.0 Å². The van der Waals surface area contributed by atoms with Gasteiger partial charge in [-0.05, 0) is 56.0 Å². The molecule has 1 aliphatic heterocycles. The van der Waals surface area contributed by atoms with Crippen molar-refractivity contribution in [3.05, 3.63) is 54.9 Å². The molecule has 2 aliphatic rings. The Balaban J connectivity index is 1.32. The average Bonchev–Trinajstić information content (AvgIpc) is 3.30. The average molecular weight is 395 g/mol. The molecule has 1 saturated heterocycles. The molecule has 0 unspecified atom stereocenters. The van der Waals surface area contributed by atoms with Gasteiger partial charge in [0.25, 0.3) is 5.91 Å². The van der Waals surface area contributed by atoms with E-state index in [1.165, 1.54) is 6.08 Å². The smallest absolute Gasteiger partial charge is 0.251 e. The Morgan fingerprint density at radius 2 is 2.00 bits per heavy atom. The number of benzene rings is 1. The van der Waals surface area contributed by atoms with Crippen LogP contribution in [0, 0.1) is 0 Å². The summed E-state index contributed by atoms with van der Waals surface area (Å²) >= 11 is 0. The number of amides is 2. The van der Waals surface area contributed by atoms with E-state index in [-0.39, 0.29) is 23.5 Å². The van der Waals surface area contributed by atoms with Crippen LogP contribution in [0.3, 0.4) is 0 Å². The van der Waals surface area contributed by atoms with Crippen molar-refractivity contribution in [3.8, 4) is 5.69 Å². The third-order valence-corrected chi connectivity index (χ3v) is 5.78. The van der Waals surface area contributed by atoms with Crippen LogP contribution in [0.2, 0.25) is 0 Å². The lowest BCUT2D eigenvalue weighted by atomic mass is 9.80. The van der Waals surface area contributed by atoms with E-state index in [9.17, 15) is 9.59 Å². The first-order valence-electron chi connectivity index (χ1n) is 9.91. The lowest BCUT2D eigenvalue weighted by Gasteiger charge is -2.46. The molecule has 0 bridgehead atoms. The second kappa shape index (κ2) is 8.16. The van der Waals surface area contributed by atoms with Gasteiger partial charge in [-0.2, -0.15) is 0 Å². The number of nitrogens with one attached hydrogen (secondary N) is 1. The number of ether oxygens (including phenoxy) is 1. The molecule has 2 heterocycles. The van der Waals surface area contributed by atoms with Gasteiger partial charge in [0, 0.05) is 18.2 Å². The van der Waals surface area contributed by atoms with Crippen LogP contribution in [0.25, 0.3) is 5.69 Å². The van der Waals surface area contributed by atoms with Crippen molar-refractivity contribution < 1.29 is 14.3 Å². The van der Waals surface area contributed by atoms with Crippen molar-refractivity contribution in [1.29, 1.82) is 0 Å². The first kappa shape index (κ1) is 19.3. The standard InChI is InChI=1S/C21H25N5O3/c1-2-19(27)25-13-14-29-21(15-25)9-7-17(8-10-21)23-20(28)16-3-5-18(6-4-16)26-12-11-22-24-26/h2-6,11-12,17H,1,7-10,13-15H2,(H,23,28). The number of carbonyl (C=O) groups excluding carboxylic acids is 2. The summed E-state index contributed by atoms with van der Waals surface area (Å²) in [4.78, 5) is 26.4. The molecule has 8 nitrogen and oxygen atoms in total. The van der Waals surface area contributed by atoms with Gasteiger partial charge >= 0.3 is 0 Å². The molecule has 1 saturated carbocycles. The van der Waals surface area contributed by atoms with E-state index in [1.807, 2.05) is 17.0 Å². The zero-order valence-corrected chi connectivity index (χ0v) is 16.3. The van der Waals surface area contributed by atoms with Gasteiger partial charge in [0.2, 0.25) is 5.91 Å². The Kier molecular flexibility index (Phi) is 5.44. The first-order valence-corrected chi connectivity index (χ1v) is 9.91. The summed E-state index contributed by atoms with van der Waals surface area (Å²) in [6.07, 6.45) is 8.04. The van der Waals surface area contributed by atoms with E-state index < -0.39 is 0 Å². The van der Waals surface area contributed by atoms with Gasteiger partial charge in [0.15, 0.2) is 0 Å². The number of morpholine rings is 1. The minimum Gasteiger partial charge on any atom is -0.371 e. The summed E-state index contributed by atoms with van der Waals surface area (Å²) in [6.45, 7) is 5.33. The summed E-state index contributed by atoms with van der Waals surface area (Å²) in [5.41, 5.74) is 1.18. The minimum absolute atomic E-state index is 0.0440. The van der Waals surface area contributed by atoms with E-state index in [4.69, 9.17) is 4.74 Å². The Morgan fingerprint density at radius 3 is 2.66 bits per heavy atom. The number of carbonyl (C=O) groups is 2. The molecule has 2 amide bonds. The lowest BCUT2D eigenvalue weighted by molar-refractivity contribution is -0.153. The quantitative estimate of drug-likeness (QED) is 0.797. The van der Waals surface area contributed by atoms with Gasteiger partial charge in [-0.25, -0.2) is 4.68 Å². The highest BCUT2D eigenvalue weighted by Crippen LogP contribution is 2.34. The van der Waals surface area contributed by atoms with Crippen molar-refractivity contribution in [2.24, 2.45) is 0 Å². The summed E-state index contributed by atoms with van der Waals surface area (Å²) in [5, 5.41) is 10.9. The fourth-order valence-electron chi connectivity index (χ4n) is 4.13. The Morgan fingerprint density at radius 1 is 1.24 bits per heavy atom. The minimum atomic E-state index is -0.294. The number of hydrogen-bond acceptors (Lipinski definition) is 5. The van der Waals surface area contributed by atoms with Crippen molar-refractivity contribution >= 4 is 11.8 Å². The fraction of sp³-hybridized carbons (Fsp3) is 0.429. The predicted octanol–water partition coefficient (Wildman–Crippen LogP) is 1.72. The van der Waals surface area contributed by atoms with Crippen LogP contribution in [0.1, 0.15) is 36.0 Å². The van der Waals surface area contributed by atoms with E-state index in [0.717, 1.165) is 31.4 Å². The molecule has 152 valence electrons. The summed E-state index contributed by atoms with van der Waals surface area (Å²) in [6, 6.07) is 7.39. The van der Waals surface area contributed by atoms with Gasteiger partial charge in [-0.1, -0.05) is 11.8 Å². The maximum Gasteiger partial charge on any atom is 0.251 e. The van der Waals surface area contributed by atoms with Crippen molar-refractivity contribution in [2.75, 3.05) is 19.7 Å². The monoisotopic (exact) mass is 395 g/mol. The normalized spacial score (nSPS) is 24.3. The molecule has 1 spiro atoms. The van der Waals surface area contributed by atoms with Crippen LogP contribution in [-0.2, 0) is 9.53 Å². The lowest BCUT2D eigenvalue weighted by Crippen LogP contribution is -2.56. The molecular formula is C21H25N5O3. The van der Waals surface area contributed by atoms with Crippen LogP contribution >= 0.6 is 0 Å². The third kappa shape index (κ3) is 4.22. The summed E-state index contributed by atoms with van der Waals surface area (Å²) in [5.74, 6) is -0.124. The Labute approximate surface area is 169 Å². The molecule has 1 N–H and O–H groups in total. The van der Waals surface area contributed by atoms with Gasteiger partial charge in [-0.3, -0.25) is 9.59 Å². The maximum atomic E-state index is 12.6. The molecule has 0 atom stereocenters. The topological polar surface area (TPSA) is 89.4 Å². The molecule has 1 aliphatic carbocycles. The first-order chi connectivity index (χ1) is 14.1. The van der Waals surface area contributed by atoms with E-state index in [0.29, 0.717) is 25.3 Å². The zero-order chi connectivity index (χ0) is 20.3. The molecule has 2 fully saturated rings.